The molecular formula is C19H28N2O5S. The maximum Gasteiger partial charge on any atom is 0.254 e. The van der Waals surface area contributed by atoms with Crippen molar-refractivity contribution in [3.05, 3.63) is 29.3 Å². The lowest BCUT2D eigenvalue weighted by Crippen LogP contribution is -2.43. The highest BCUT2D eigenvalue weighted by Crippen LogP contribution is 2.34. The summed E-state index contributed by atoms with van der Waals surface area (Å²) in [7, 11) is -0.127. The van der Waals surface area contributed by atoms with Crippen molar-refractivity contribution in [3.8, 4) is 11.5 Å². The third-order valence-electron chi connectivity index (χ3n) is 4.54. The minimum absolute atomic E-state index is 0.0919. The Bertz CT molecular complexity index is 805. The molecule has 1 aliphatic heterocycles. The molecule has 0 radical (unpaired) electrons. The van der Waals surface area contributed by atoms with Gasteiger partial charge in [0.1, 0.15) is 0 Å². The van der Waals surface area contributed by atoms with E-state index in [2.05, 4.69) is 4.72 Å². The third kappa shape index (κ3) is 5.71. The van der Waals surface area contributed by atoms with Gasteiger partial charge in [0.05, 0.1) is 20.5 Å². The van der Waals surface area contributed by atoms with Crippen molar-refractivity contribution in [2.75, 3.05) is 40.1 Å². The second-order valence-corrected chi connectivity index (χ2v) is 8.51. The summed E-state index contributed by atoms with van der Waals surface area (Å²) < 4.78 is 36.0. The van der Waals surface area contributed by atoms with E-state index in [4.69, 9.17) is 9.47 Å². The first-order valence-corrected chi connectivity index (χ1v) is 10.8. The molecule has 7 nitrogen and oxygen atoms in total. The van der Waals surface area contributed by atoms with Gasteiger partial charge in [-0.3, -0.25) is 4.79 Å². The molecule has 1 aromatic carbocycles. The Kier molecular flexibility index (Phi) is 7.26. The number of nitrogens with zero attached hydrogens (tertiary/aromatic N) is 1. The van der Waals surface area contributed by atoms with Crippen molar-refractivity contribution in [2.24, 2.45) is 5.92 Å². The summed E-state index contributed by atoms with van der Waals surface area (Å²) in [6.45, 7) is 3.42. The molecule has 8 heteroatoms. The number of carbonyl (C=O) groups is 1. The molecule has 1 heterocycles. The fourth-order valence-corrected chi connectivity index (χ4v) is 3.83. The quantitative estimate of drug-likeness (QED) is 0.763. The van der Waals surface area contributed by atoms with Crippen LogP contribution in [0.1, 0.15) is 35.7 Å². The van der Waals surface area contributed by atoms with Gasteiger partial charge in [0.2, 0.25) is 10.0 Å². The molecular weight excluding hydrogens is 368 g/mol. The number of rotatable bonds is 7. The maximum absolute atomic E-state index is 13.0. The molecule has 0 spiro atoms. The number of carbonyl (C=O) groups excluding carboxylic acids is 1. The molecule has 27 heavy (non-hydrogen) atoms. The Balaban J connectivity index is 2.22. The average Bonchev–Trinajstić information content (AvgIpc) is 2.65. The number of methoxy groups -OCH3 is 2. The zero-order chi connectivity index (χ0) is 20.0. The number of sulfonamides is 1. The molecule has 1 N–H and O–H groups in total. The Morgan fingerprint density at radius 3 is 2.67 bits per heavy atom. The number of amides is 1. The molecule has 1 amide bonds. The molecule has 0 bridgehead atoms. The predicted molar refractivity (Wildman–Crippen MR) is 106 cm³/mol. The van der Waals surface area contributed by atoms with Gasteiger partial charge in [-0.25, -0.2) is 13.1 Å². The number of nitrogens with one attached hydrogen (secondary N) is 1. The number of ether oxygens (including phenoxy) is 2. The SMILES string of the molecule is CC=Cc1cc(C(=O)N2CCCC(CNS(C)(=O)=O)C2)cc(OC)c1OC. The van der Waals surface area contributed by atoms with E-state index < -0.39 is 10.0 Å². The van der Waals surface area contributed by atoms with Gasteiger partial charge in [-0.15, -0.1) is 0 Å². The van der Waals surface area contributed by atoms with Crippen LogP contribution in [0.3, 0.4) is 0 Å². The molecule has 0 aliphatic carbocycles. The molecule has 1 atom stereocenters. The predicted octanol–water partition coefficient (Wildman–Crippen LogP) is 2.14. The molecule has 0 aromatic heterocycles. The lowest BCUT2D eigenvalue weighted by Gasteiger charge is -2.33. The number of benzene rings is 1. The van der Waals surface area contributed by atoms with E-state index >= 15 is 0 Å². The van der Waals surface area contributed by atoms with E-state index in [0.717, 1.165) is 24.7 Å². The average molecular weight is 397 g/mol. The molecule has 0 saturated carbocycles. The number of hydrogen-bond donors (Lipinski definition) is 1. The second kappa shape index (κ2) is 9.23. The van der Waals surface area contributed by atoms with Gasteiger partial charge in [-0.1, -0.05) is 12.2 Å². The minimum atomic E-state index is -3.23. The van der Waals surface area contributed by atoms with Crippen molar-refractivity contribution in [3.63, 3.8) is 0 Å². The first kappa shape index (κ1) is 21.2. The van der Waals surface area contributed by atoms with Crippen LogP contribution < -0.4 is 14.2 Å². The van der Waals surface area contributed by atoms with Crippen LogP contribution in [0.25, 0.3) is 6.08 Å². The number of hydrogen-bond acceptors (Lipinski definition) is 5. The molecule has 1 aliphatic rings. The lowest BCUT2D eigenvalue weighted by atomic mass is 9.97. The van der Waals surface area contributed by atoms with Crippen LogP contribution in [0.15, 0.2) is 18.2 Å². The van der Waals surface area contributed by atoms with Gasteiger partial charge in [0.15, 0.2) is 11.5 Å². The molecule has 1 aromatic rings. The van der Waals surface area contributed by atoms with Gasteiger partial charge in [-0.2, -0.15) is 0 Å². The van der Waals surface area contributed by atoms with Gasteiger partial charge in [0, 0.05) is 30.8 Å². The minimum Gasteiger partial charge on any atom is -0.493 e. The van der Waals surface area contributed by atoms with Crippen molar-refractivity contribution in [2.45, 2.75) is 19.8 Å². The van der Waals surface area contributed by atoms with E-state index in [1.165, 1.54) is 0 Å². The van der Waals surface area contributed by atoms with Gasteiger partial charge < -0.3 is 14.4 Å². The topological polar surface area (TPSA) is 84.9 Å². The van der Waals surface area contributed by atoms with Gasteiger partial charge >= 0.3 is 0 Å². The van der Waals surface area contributed by atoms with Crippen molar-refractivity contribution < 1.29 is 22.7 Å². The molecule has 1 unspecified atom stereocenters. The standard InChI is InChI=1S/C19H28N2O5S/c1-5-7-15-10-16(11-17(25-2)18(15)26-3)19(22)21-9-6-8-14(13-21)12-20-27(4,23)24/h5,7,10-11,14,20H,6,8-9,12-13H2,1-4H3. The number of piperidine rings is 1. The van der Waals surface area contributed by atoms with E-state index in [0.29, 0.717) is 36.7 Å². The molecule has 1 fully saturated rings. The van der Waals surface area contributed by atoms with E-state index in [1.54, 1.807) is 31.3 Å². The second-order valence-electron chi connectivity index (χ2n) is 6.68. The highest BCUT2D eigenvalue weighted by Gasteiger charge is 2.26. The number of allylic oxidation sites excluding steroid dienone is 1. The Hall–Kier alpha value is -2.06. The highest BCUT2D eigenvalue weighted by atomic mass is 32.2. The first-order valence-electron chi connectivity index (χ1n) is 8.91. The van der Waals surface area contributed by atoms with Crippen molar-refractivity contribution >= 4 is 22.0 Å². The zero-order valence-corrected chi connectivity index (χ0v) is 17.1. The summed E-state index contributed by atoms with van der Waals surface area (Å²) in [5.41, 5.74) is 1.30. The monoisotopic (exact) mass is 396 g/mol. The normalized spacial score (nSPS) is 17.9. The summed E-state index contributed by atoms with van der Waals surface area (Å²) in [4.78, 5) is 14.8. The Morgan fingerprint density at radius 2 is 2.07 bits per heavy atom. The zero-order valence-electron chi connectivity index (χ0n) is 16.3. The van der Waals surface area contributed by atoms with Crippen LogP contribution in [-0.2, 0) is 10.0 Å². The summed E-state index contributed by atoms with van der Waals surface area (Å²) >= 11 is 0. The first-order chi connectivity index (χ1) is 12.8. The summed E-state index contributed by atoms with van der Waals surface area (Å²) in [6.07, 6.45) is 6.62. The lowest BCUT2D eigenvalue weighted by molar-refractivity contribution is 0.0676. The van der Waals surface area contributed by atoms with Crippen LogP contribution >= 0.6 is 0 Å². The van der Waals surface area contributed by atoms with Crippen LogP contribution in [0, 0.1) is 5.92 Å². The third-order valence-corrected chi connectivity index (χ3v) is 5.23. The highest BCUT2D eigenvalue weighted by molar-refractivity contribution is 7.88. The van der Waals surface area contributed by atoms with Crippen LogP contribution in [0.4, 0.5) is 0 Å². The number of likely N-dealkylation sites (tertiary alicyclic amines) is 1. The fourth-order valence-electron chi connectivity index (χ4n) is 3.29. The smallest absolute Gasteiger partial charge is 0.254 e. The van der Waals surface area contributed by atoms with Crippen LogP contribution in [0.2, 0.25) is 0 Å². The van der Waals surface area contributed by atoms with E-state index in [-0.39, 0.29) is 11.8 Å². The van der Waals surface area contributed by atoms with E-state index in [9.17, 15) is 13.2 Å². The Labute approximate surface area is 161 Å². The summed E-state index contributed by atoms with van der Waals surface area (Å²) in [5, 5.41) is 0. The largest absolute Gasteiger partial charge is 0.493 e. The van der Waals surface area contributed by atoms with E-state index in [1.807, 2.05) is 19.1 Å². The van der Waals surface area contributed by atoms with Crippen molar-refractivity contribution in [1.82, 2.24) is 9.62 Å². The molecule has 150 valence electrons. The summed E-state index contributed by atoms with van der Waals surface area (Å²) in [5.74, 6) is 1.10. The maximum atomic E-state index is 13.0. The molecule has 2 rings (SSSR count). The Morgan fingerprint density at radius 1 is 1.33 bits per heavy atom. The van der Waals surface area contributed by atoms with Crippen LogP contribution in [-0.4, -0.2) is 59.3 Å². The molecule has 1 saturated heterocycles. The van der Waals surface area contributed by atoms with Crippen molar-refractivity contribution in [1.29, 1.82) is 0 Å². The van der Waals surface area contributed by atoms with Gasteiger partial charge in [-0.05, 0) is 37.8 Å². The fraction of sp³-hybridized carbons (Fsp3) is 0.526. The van der Waals surface area contributed by atoms with Gasteiger partial charge in [0.25, 0.3) is 5.91 Å². The van der Waals surface area contributed by atoms with Crippen LogP contribution in [0.5, 0.6) is 11.5 Å². The summed E-state index contributed by atoms with van der Waals surface area (Å²) in [6, 6.07) is 3.48.